The summed E-state index contributed by atoms with van der Waals surface area (Å²) < 4.78 is 0. The minimum absolute atomic E-state index is 0.131. The third-order valence-electron chi connectivity index (χ3n) is 5.84. The molecule has 0 aliphatic rings. The summed E-state index contributed by atoms with van der Waals surface area (Å²) in [5.74, 6) is -0.549. The largest absolute Gasteiger partial charge is 0.350 e. The van der Waals surface area contributed by atoms with Crippen LogP contribution in [0.3, 0.4) is 0 Å². The Morgan fingerprint density at radius 2 is 1.31 bits per heavy atom. The maximum atomic E-state index is 13.9. The van der Waals surface area contributed by atoms with Gasteiger partial charge in [-0.3, -0.25) is 9.59 Å². The van der Waals surface area contributed by atoms with E-state index in [1.807, 2.05) is 81.4 Å². The Morgan fingerprint density at radius 3 is 1.77 bits per heavy atom. The number of nitrogens with zero attached hydrogens (tertiary/aromatic N) is 1. The maximum absolute atomic E-state index is 13.9. The van der Waals surface area contributed by atoms with E-state index in [0.717, 1.165) is 11.1 Å². The van der Waals surface area contributed by atoms with Gasteiger partial charge in [0.1, 0.15) is 6.04 Å². The van der Waals surface area contributed by atoms with E-state index in [1.54, 1.807) is 30.0 Å². The SMILES string of the molecule is C[C@@H](C(=O)NC(C)(C)C)N(Cc1c(Cl)cccc1Cl)C(=O)CC(c1ccccc1)c1ccccc1. The van der Waals surface area contributed by atoms with Crippen LogP contribution in [-0.2, 0) is 16.1 Å². The highest BCUT2D eigenvalue weighted by Gasteiger charge is 2.31. The van der Waals surface area contributed by atoms with E-state index in [0.29, 0.717) is 15.6 Å². The Morgan fingerprint density at radius 1 is 0.829 bits per heavy atom. The molecule has 0 spiro atoms. The first-order valence-corrected chi connectivity index (χ1v) is 12.5. The van der Waals surface area contributed by atoms with Crippen molar-refractivity contribution in [1.82, 2.24) is 10.2 Å². The van der Waals surface area contributed by atoms with Gasteiger partial charge in [0.15, 0.2) is 0 Å². The molecule has 0 aliphatic carbocycles. The fourth-order valence-electron chi connectivity index (χ4n) is 4.00. The van der Waals surface area contributed by atoms with Crippen LogP contribution in [0.25, 0.3) is 0 Å². The van der Waals surface area contributed by atoms with Crippen molar-refractivity contribution in [3.8, 4) is 0 Å². The van der Waals surface area contributed by atoms with E-state index < -0.39 is 11.6 Å². The van der Waals surface area contributed by atoms with E-state index in [2.05, 4.69) is 5.32 Å². The molecular weight excluding hydrogens is 479 g/mol. The summed E-state index contributed by atoms with van der Waals surface area (Å²) in [7, 11) is 0. The normalized spacial score (nSPS) is 12.3. The molecule has 0 heterocycles. The van der Waals surface area contributed by atoms with E-state index in [1.165, 1.54) is 0 Å². The molecule has 4 nitrogen and oxygen atoms in total. The van der Waals surface area contributed by atoms with Crippen molar-refractivity contribution < 1.29 is 9.59 Å². The van der Waals surface area contributed by atoms with Gasteiger partial charge in [-0.25, -0.2) is 0 Å². The number of hydrogen-bond acceptors (Lipinski definition) is 2. The molecule has 1 N–H and O–H groups in total. The second-order valence-electron chi connectivity index (χ2n) is 9.72. The van der Waals surface area contributed by atoms with Gasteiger partial charge in [0, 0.05) is 40.0 Å². The van der Waals surface area contributed by atoms with Crippen molar-refractivity contribution in [1.29, 1.82) is 0 Å². The van der Waals surface area contributed by atoms with Crippen LogP contribution in [0.4, 0.5) is 0 Å². The van der Waals surface area contributed by atoms with Crippen LogP contribution >= 0.6 is 23.2 Å². The van der Waals surface area contributed by atoms with Crippen molar-refractivity contribution in [2.75, 3.05) is 0 Å². The smallest absolute Gasteiger partial charge is 0.242 e. The molecule has 184 valence electrons. The van der Waals surface area contributed by atoms with Crippen molar-refractivity contribution >= 4 is 35.0 Å². The zero-order chi connectivity index (χ0) is 25.6. The van der Waals surface area contributed by atoms with Gasteiger partial charge in [-0.15, -0.1) is 0 Å². The van der Waals surface area contributed by atoms with Gasteiger partial charge in [0.2, 0.25) is 11.8 Å². The van der Waals surface area contributed by atoms with Gasteiger partial charge < -0.3 is 10.2 Å². The van der Waals surface area contributed by atoms with E-state index in [9.17, 15) is 9.59 Å². The lowest BCUT2D eigenvalue weighted by Crippen LogP contribution is -2.52. The lowest BCUT2D eigenvalue weighted by atomic mass is 9.88. The van der Waals surface area contributed by atoms with E-state index >= 15 is 0 Å². The third kappa shape index (κ3) is 7.33. The second kappa shape index (κ2) is 11.7. The van der Waals surface area contributed by atoms with Gasteiger partial charge in [0.25, 0.3) is 0 Å². The monoisotopic (exact) mass is 510 g/mol. The first-order chi connectivity index (χ1) is 16.6. The Kier molecular flexibility index (Phi) is 8.98. The van der Waals surface area contributed by atoms with Crippen LogP contribution in [0.1, 0.15) is 56.7 Å². The minimum Gasteiger partial charge on any atom is -0.350 e. The molecule has 0 bridgehead atoms. The van der Waals surface area contributed by atoms with Gasteiger partial charge in [-0.05, 0) is 51.0 Å². The molecule has 3 aromatic rings. The van der Waals surface area contributed by atoms with Crippen molar-refractivity contribution in [3.05, 3.63) is 106 Å². The Hall–Kier alpha value is -2.82. The first kappa shape index (κ1) is 26.8. The summed E-state index contributed by atoms with van der Waals surface area (Å²) in [6.45, 7) is 7.61. The molecule has 0 aromatic heterocycles. The molecule has 0 saturated carbocycles. The number of carbonyl (C=O) groups is 2. The molecule has 0 unspecified atom stereocenters. The average molecular weight is 511 g/mol. The van der Waals surface area contributed by atoms with Crippen LogP contribution in [0.15, 0.2) is 78.9 Å². The highest BCUT2D eigenvalue weighted by atomic mass is 35.5. The predicted octanol–water partition coefficient (Wildman–Crippen LogP) is 6.85. The molecule has 0 fully saturated rings. The van der Waals surface area contributed by atoms with Gasteiger partial charge in [-0.2, -0.15) is 0 Å². The predicted molar refractivity (Wildman–Crippen MR) is 144 cm³/mol. The fraction of sp³-hybridized carbons (Fsp3) is 0.310. The number of nitrogens with one attached hydrogen (secondary N) is 1. The van der Waals surface area contributed by atoms with E-state index in [4.69, 9.17) is 23.2 Å². The third-order valence-corrected chi connectivity index (χ3v) is 6.55. The summed E-state index contributed by atoms with van der Waals surface area (Å²) in [5, 5.41) is 3.91. The summed E-state index contributed by atoms with van der Waals surface area (Å²) in [6, 6.07) is 24.4. The topological polar surface area (TPSA) is 49.4 Å². The van der Waals surface area contributed by atoms with Crippen molar-refractivity contribution in [2.45, 2.75) is 58.2 Å². The molecule has 0 aliphatic heterocycles. The van der Waals surface area contributed by atoms with Crippen LogP contribution in [0.2, 0.25) is 10.0 Å². The summed E-state index contributed by atoms with van der Waals surface area (Å²) in [5.41, 5.74) is 2.26. The molecular formula is C29H32Cl2N2O2. The number of rotatable bonds is 8. The zero-order valence-electron chi connectivity index (χ0n) is 20.6. The van der Waals surface area contributed by atoms with Gasteiger partial charge in [-0.1, -0.05) is 89.9 Å². The van der Waals surface area contributed by atoms with Crippen LogP contribution in [0.5, 0.6) is 0 Å². The molecule has 6 heteroatoms. The number of halogens is 2. The zero-order valence-corrected chi connectivity index (χ0v) is 22.1. The number of hydrogen-bond donors (Lipinski definition) is 1. The quantitative estimate of drug-likeness (QED) is 0.360. The highest BCUT2D eigenvalue weighted by Crippen LogP contribution is 2.31. The minimum atomic E-state index is -0.721. The average Bonchev–Trinajstić information content (AvgIpc) is 2.82. The molecule has 1 atom stereocenters. The summed E-state index contributed by atoms with van der Waals surface area (Å²) in [6.07, 6.45) is 0.198. The fourth-order valence-corrected chi connectivity index (χ4v) is 4.52. The van der Waals surface area contributed by atoms with Crippen LogP contribution in [-0.4, -0.2) is 28.3 Å². The van der Waals surface area contributed by atoms with Crippen molar-refractivity contribution in [2.24, 2.45) is 0 Å². The number of carbonyl (C=O) groups excluding carboxylic acids is 2. The Labute approximate surface area is 218 Å². The van der Waals surface area contributed by atoms with Crippen molar-refractivity contribution in [3.63, 3.8) is 0 Å². The van der Waals surface area contributed by atoms with E-state index in [-0.39, 0.29) is 30.7 Å². The lowest BCUT2D eigenvalue weighted by Gasteiger charge is -2.33. The molecule has 3 rings (SSSR count). The maximum Gasteiger partial charge on any atom is 0.242 e. The van der Waals surface area contributed by atoms with Gasteiger partial charge >= 0.3 is 0 Å². The molecule has 35 heavy (non-hydrogen) atoms. The molecule has 0 radical (unpaired) electrons. The Bertz CT molecular complexity index is 1080. The number of amides is 2. The van der Waals surface area contributed by atoms with Crippen LogP contribution < -0.4 is 5.32 Å². The summed E-state index contributed by atoms with van der Waals surface area (Å²) in [4.78, 5) is 28.6. The standard InChI is InChI=1S/C29H32Cl2N2O2/c1-20(28(35)32-29(2,3)4)33(19-24-25(30)16-11-17-26(24)31)27(34)18-23(21-12-7-5-8-13-21)22-14-9-6-10-15-22/h5-17,20,23H,18-19H2,1-4H3,(H,32,35)/t20-/m0/s1. The molecule has 2 amide bonds. The Balaban J connectivity index is 1.97. The van der Waals surface area contributed by atoms with Crippen LogP contribution in [0, 0.1) is 0 Å². The first-order valence-electron chi connectivity index (χ1n) is 11.7. The second-order valence-corrected chi connectivity index (χ2v) is 10.5. The lowest BCUT2D eigenvalue weighted by molar-refractivity contribution is -0.141. The van der Waals surface area contributed by atoms with Gasteiger partial charge in [0.05, 0.1) is 0 Å². The summed E-state index contributed by atoms with van der Waals surface area (Å²) >= 11 is 12.9. The molecule has 3 aromatic carbocycles. The molecule has 0 saturated heterocycles. The highest BCUT2D eigenvalue weighted by molar-refractivity contribution is 6.36. The number of benzene rings is 3.